The SMILES string of the molecule is CC/C=C\C/C=C\C/C=C\C/C=C\C/C=C\C/C=C\CCCCCCC(=O)OC(CO)COC(=O)CCCCCCC/C=C\C/C=C\CCCCCC. The first-order chi connectivity index (χ1) is 26.1. The van der Waals surface area contributed by atoms with E-state index < -0.39 is 6.10 Å². The monoisotopic (exact) mass is 735 g/mol. The third kappa shape index (κ3) is 41.4. The van der Waals surface area contributed by atoms with E-state index in [1.165, 1.54) is 44.9 Å². The lowest BCUT2D eigenvalue weighted by atomic mass is 10.1. The summed E-state index contributed by atoms with van der Waals surface area (Å²) in [6.45, 7) is 3.96. The van der Waals surface area contributed by atoms with Crippen LogP contribution < -0.4 is 0 Å². The molecular weight excluding hydrogens is 657 g/mol. The Morgan fingerprint density at radius 2 is 0.811 bits per heavy atom. The smallest absolute Gasteiger partial charge is 0.306 e. The Morgan fingerprint density at radius 1 is 0.453 bits per heavy atom. The number of hydrogen-bond donors (Lipinski definition) is 1. The van der Waals surface area contributed by atoms with Crippen molar-refractivity contribution in [3.63, 3.8) is 0 Å². The summed E-state index contributed by atoms with van der Waals surface area (Å²) in [5.74, 6) is -0.645. The minimum Gasteiger partial charge on any atom is -0.462 e. The topological polar surface area (TPSA) is 72.8 Å². The van der Waals surface area contributed by atoms with E-state index in [0.717, 1.165) is 103 Å². The van der Waals surface area contributed by atoms with Crippen molar-refractivity contribution in [2.24, 2.45) is 0 Å². The molecule has 1 N–H and O–H groups in total. The lowest BCUT2D eigenvalue weighted by molar-refractivity contribution is -0.161. The van der Waals surface area contributed by atoms with Gasteiger partial charge in [0.1, 0.15) is 6.61 Å². The van der Waals surface area contributed by atoms with Gasteiger partial charge in [-0.2, -0.15) is 0 Å². The number of ether oxygens (including phenoxy) is 2. The van der Waals surface area contributed by atoms with E-state index in [9.17, 15) is 14.7 Å². The van der Waals surface area contributed by atoms with Crippen LogP contribution in [0.5, 0.6) is 0 Å². The Labute approximate surface area is 326 Å². The van der Waals surface area contributed by atoms with Crippen LogP contribution in [0, 0.1) is 0 Å². The lowest BCUT2D eigenvalue weighted by Crippen LogP contribution is -2.28. The Kier molecular flexibility index (Phi) is 40.6. The quantitative estimate of drug-likeness (QED) is 0.0391. The van der Waals surface area contributed by atoms with Gasteiger partial charge >= 0.3 is 11.9 Å². The molecule has 0 heterocycles. The molecule has 0 amide bonds. The van der Waals surface area contributed by atoms with Crippen LogP contribution in [0.1, 0.15) is 174 Å². The Balaban J connectivity index is 3.68. The molecule has 0 aromatic carbocycles. The van der Waals surface area contributed by atoms with Gasteiger partial charge in [0, 0.05) is 12.8 Å². The van der Waals surface area contributed by atoms with Crippen LogP contribution in [0.2, 0.25) is 0 Å². The second kappa shape index (κ2) is 43.2. The van der Waals surface area contributed by atoms with Crippen molar-refractivity contribution in [2.45, 2.75) is 180 Å². The molecule has 0 aliphatic carbocycles. The molecule has 53 heavy (non-hydrogen) atoms. The Morgan fingerprint density at radius 3 is 1.23 bits per heavy atom. The zero-order chi connectivity index (χ0) is 38.6. The molecule has 1 unspecified atom stereocenters. The van der Waals surface area contributed by atoms with Gasteiger partial charge in [0.15, 0.2) is 6.10 Å². The Bertz CT molecular complexity index is 1060. The van der Waals surface area contributed by atoms with Gasteiger partial charge in [-0.1, -0.05) is 162 Å². The highest BCUT2D eigenvalue weighted by Crippen LogP contribution is 2.11. The molecular formula is C48H78O5. The van der Waals surface area contributed by atoms with E-state index in [-0.39, 0.29) is 25.2 Å². The van der Waals surface area contributed by atoms with Crippen molar-refractivity contribution in [2.75, 3.05) is 13.2 Å². The molecule has 0 aromatic heterocycles. The molecule has 5 nitrogen and oxygen atoms in total. The fraction of sp³-hybridized carbons (Fsp3) is 0.625. The largest absolute Gasteiger partial charge is 0.462 e. The normalized spacial score (nSPS) is 13.2. The molecule has 0 saturated heterocycles. The number of aliphatic hydroxyl groups is 1. The maximum atomic E-state index is 12.2. The van der Waals surface area contributed by atoms with E-state index >= 15 is 0 Å². The minimum atomic E-state index is -0.797. The van der Waals surface area contributed by atoms with Gasteiger partial charge in [0.2, 0.25) is 0 Å². The van der Waals surface area contributed by atoms with Gasteiger partial charge < -0.3 is 14.6 Å². The van der Waals surface area contributed by atoms with E-state index in [2.05, 4.69) is 111 Å². The molecule has 0 bridgehead atoms. The van der Waals surface area contributed by atoms with Crippen LogP contribution in [0.4, 0.5) is 0 Å². The van der Waals surface area contributed by atoms with Gasteiger partial charge in [0.25, 0.3) is 0 Å². The minimum absolute atomic E-state index is 0.0899. The third-order valence-corrected chi connectivity index (χ3v) is 8.61. The highest BCUT2D eigenvalue weighted by Gasteiger charge is 2.16. The third-order valence-electron chi connectivity index (χ3n) is 8.61. The van der Waals surface area contributed by atoms with Crippen LogP contribution in [-0.2, 0) is 19.1 Å². The fourth-order valence-electron chi connectivity index (χ4n) is 5.41. The number of esters is 2. The second-order valence-electron chi connectivity index (χ2n) is 13.7. The number of aliphatic hydroxyl groups excluding tert-OH is 1. The number of carbonyl (C=O) groups excluding carboxylic acids is 2. The zero-order valence-corrected chi connectivity index (χ0v) is 34.0. The van der Waals surface area contributed by atoms with E-state index in [0.29, 0.717) is 12.8 Å². The molecule has 0 aliphatic heterocycles. The maximum Gasteiger partial charge on any atom is 0.306 e. The first-order valence-corrected chi connectivity index (χ1v) is 21.3. The van der Waals surface area contributed by atoms with Crippen molar-refractivity contribution in [3.8, 4) is 0 Å². The first kappa shape index (κ1) is 49.8. The molecule has 0 spiro atoms. The number of unbranched alkanes of at least 4 members (excludes halogenated alkanes) is 13. The van der Waals surface area contributed by atoms with E-state index in [1.807, 2.05) is 0 Å². The van der Waals surface area contributed by atoms with Crippen molar-refractivity contribution in [1.29, 1.82) is 0 Å². The summed E-state index contributed by atoms with van der Waals surface area (Å²) in [6, 6.07) is 0. The number of hydrogen-bond acceptors (Lipinski definition) is 5. The molecule has 300 valence electrons. The molecule has 0 fully saturated rings. The highest BCUT2D eigenvalue weighted by molar-refractivity contribution is 5.70. The second-order valence-corrected chi connectivity index (χ2v) is 13.7. The Hall–Kier alpha value is -3.18. The van der Waals surface area contributed by atoms with Gasteiger partial charge in [-0.3, -0.25) is 9.59 Å². The predicted molar refractivity (Wildman–Crippen MR) is 228 cm³/mol. The summed E-state index contributed by atoms with van der Waals surface area (Å²) < 4.78 is 10.6. The molecule has 0 radical (unpaired) electrons. The highest BCUT2D eigenvalue weighted by atomic mass is 16.6. The van der Waals surface area contributed by atoms with Crippen LogP contribution >= 0.6 is 0 Å². The van der Waals surface area contributed by atoms with E-state index in [1.54, 1.807) is 0 Å². The molecule has 0 rings (SSSR count). The van der Waals surface area contributed by atoms with Gasteiger partial charge in [0.05, 0.1) is 6.61 Å². The van der Waals surface area contributed by atoms with Gasteiger partial charge in [-0.15, -0.1) is 0 Å². The standard InChI is InChI=1S/C48H78O5/c1-3-5-7-9-11-13-15-17-19-21-22-23-24-25-26-27-29-31-33-35-37-39-41-43-48(51)53-46(44-49)45-52-47(50)42-40-38-36-34-32-30-28-20-18-16-14-12-10-8-6-4-2/h5,7,11,13-14,16-17,19-20,22-23,25-26,28-29,31,46,49H,3-4,6,8-10,12,15,18,21,24,27,30,32-45H2,1-2H3/b7-5-,13-11-,16-14-,19-17-,23-22-,26-25-,28-20-,31-29-. The molecule has 0 saturated carbocycles. The van der Waals surface area contributed by atoms with E-state index in [4.69, 9.17) is 9.47 Å². The van der Waals surface area contributed by atoms with Gasteiger partial charge in [-0.05, 0) is 96.3 Å². The van der Waals surface area contributed by atoms with Crippen molar-refractivity contribution < 1.29 is 24.2 Å². The number of allylic oxidation sites excluding steroid dienone is 16. The van der Waals surface area contributed by atoms with Crippen LogP contribution in [-0.4, -0.2) is 36.4 Å². The zero-order valence-electron chi connectivity index (χ0n) is 34.0. The first-order valence-electron chi connectivity index (χ1n) is 21.3. The van der Waals surface area contributed by atoms with Gasteiger partial charge in [-0.25, -0.2) is 0 Å². The maximum absolute atomic E-state index is 12.2. The van der Waals surface area contributed by atoms with Crippen molar-refractivity contribution in [1.82, 2.24) is 0 Å². The summed E-state index contributed by atoms with van der Waals surface area (Å²) in [5.41, 5.74) is 0. The number of carbonyl (C=O) groups is 2. The summed E-state index contributed by atoms with van der Waals surface area (Å²) in [6.07, 6.45) is 60.4. The summed E-state index contributed by atoms with van der Waals surface area (Å²) in [7, 11) is 0. The molecule has 0 aliphatic rings. The average Bonchev–Trinajstić information content (AvgIpc) is 3.16. The summed E-state index contributed by atoms with van der Waals surface area (Å²) in [4.78, 5) is 24.3. The van der Waals surface area contributed by atoms with Crippen molar-refractivity contribution in [3.05, 3.63) is 97.2 Å². The molecule has 1 atom stereocenters. The summed E-state index contributed by atoms with van der Waals surface area (Å²) in [5, 5.41) is 9.57. The van der Waals surface area contributed by atoms with Crippen LogP contribution in [0.3, 0.4) is 0 Å². The molecule has 0 aromatic rings. The number of rotatable bonds is 37. The van der Waals surface area contributed by atoms with Crippen LogP contribution in [0.15, 0.2) is 97.2 Å². The lowest BCUT2D eigenvalue weighted by Gasteiger charge is -2.15. The average molecular weight is 735 g/mol. The van der Waals surface area contributed by atoms with Crippen LogP contribution in [0.25, 0.3) is 0 Å². The summed E-state index contributed by atoms with van der Waals surface area (Å²) >= 11 is 0. The molecule has 5 heteroatoms. The van der Waals surface area contributed by atoms with Crippen molar-refractivity contribution >= 4 is 11.9 Å². The predicted octanol–water partition coefficient (Wildman–Crippen LogP) is 13.7. The fourth-order valence-corrected chi connectivity index (χ4v) is 5.41.